The van der Waals surface area contributed by atoms with Crippen LogP contribution in [0.2, 0.25) is 0 Å². The van der Waals surface area contributed by atoms with Crippen LogP contribution in [-0.4, -0.2) is 6.36 Å². The number of hydrogen-bond donors (Lipinski definition) is 0. The van der Waals surface area contributed by atoms with Crippen molar-refractivity contribution in [3.8, 4) is 0 Å². The predicted octanol–water partition coefficient (Wildman–Crippen LogP) is 1.70. The molecule has 0 bridgehead atoms. The molecule has 0 saturated heterocycles. The number of hydrogen-bond acceptors (Lipinski definition) is 1. The summed E-state index contributed by atoms with van der Waals surface area (Å²) in [4.78, 5) is 0. The van der Waals surface area contributed by atoms with E-state index in [0.29, 0.717) is 6.61 Å². The molecule has 0 aromatic heterocycles. The van der Waals surface area contributed by atoms with Gasteiger partial charge in [-0.1, -0.05) is 4.74 Å². The molecule has 0 aliphatic carbocycles. The zero-order valence-electron chi connectivity index (χ0n) is 3.62. The molecule has 0 unspecified atom stereocenters. The van der Waals surface area contributed by atoms with Crippen molar-refractivity contribution in [2.24, 2.45) is 0 Å². The van der Waals surface area contributed by atoms with Gasteiger partial charge >= 0.3 is 6.36 Å². The Morgan fingerprint density at radius 3 is 1.86 bits per heavy atom. The van der Waals surface area contributed by atoms with Crippen molar-refractivity contribution in [2.75, 3.05) is 0 Å². The second-order valence-electron chi connectivity index (χ2n) is 0.799. The van der Waals surface area contributed by atoms with Gasteiger partial charge in [0.15, 0.2) is 0 Å². The molecule has 4 heteroatoms. The summed E-state index contributed by atoms with van der Waals surface area (Å²) in [7, 11) is 0. The number of alkyl halides is 3. The van der Waals surface area contributed by atoms with Gasteiger partial charge in [-0.3, -0.25) is 0 Å². The maximum Gasteiger partial charge on any atom is 0.562 e. The van der Waals surface area contributed by atoms with E-state index in [1.54, 1.807) is 0 Å². The molecule has 0 heterocycles. The van der Waals surface area contributed by atoms with Crippen LogP contribution in [-0.2, 0) is 4.74 Å². The molecule has 1 nitrogen and oxygen atoms in total. The lowest BCUT2D eigenvalue weighted by Gasteiger charge is -1.92. The molecule has 0 radical (unpaired) electrons. The summed E-state index contributed by atoms with van der Waals surface area (Å²) >= 11 is 0. The summed E-state index contributed by atoms with van der Waals surface area (Å²) in [5, 5.41) is 0. The van der Waals surface area contributed by atoms with E-state index in [-0.39, 0.29) is 0 Å². The van der Waals surface area contributed by atoms with Crippen molar-refractivity contribution in [2.45, 2.75) is 13.3 Å². The van der Waals surface area contributed by atoms with Crippen molar-refractivity contribution in [1.82, 2.24) is 0 Å². The predicted molar refractivity (Wildman–Crippen MR) is 17.1 cm³/mol. The molecule has 42 valence electrons. The summed E-state index contributed by atoms with van der Waals surface area (Å²) < 4.78 is 35.5. The number of rotatable bonds is 1. The Labute approximate surface area is 39.1 Å². The second-order valence-corrected chi connectivity index (χ2v) is 0.799. The largest absolute Gasteiger partial charge is 0.562 e. The van der Waals surface area contributed by atoms with Gasteiger partial charge < -0.3 is 0 Å². The minimum absolute atomic E-state index is 0.583. The first kappa shape index (κ1) is 6.62. The molecule has 0 fully saturated rings. The Bertz CT molecular complexity index is 48.6. The third-order valence-electron chi connectivity index (χ3n) is 0.251. The lowest BCUT2D eigenvalue weighted by molar-refractivity contribution is -0.308. The van der Waals surface area contributed by atoms with Gasteiger partial charge in [-0.15, -0.1) is 13.2 Å². The summed E-state index contributed by atoms with van der Waals surface area (Å²) in [6, 6.07) is 0. The maximum atomic E-state index is 10.8. The van der Waals surface area contributed by atoms with Crippen LogP contribution in [0.5, 0.6) is 0 Å². The Kier molecular flexibility index (Phi) is 1.95. The fourth-order valence-corrected chi connectivity index (χ4v) is 0.134. The van der Waals surface area contributed by atoms with Gasteiger partial charge in [-0.25, -0.2) is 0 Å². The SMILES string of the molecule is C[CH+]OC(F)(F)F. The van der Waals surface area contributed by atoms with Crippen LogP contribution < -0.4 is 0 Å². The van der Waals surface area contributed by atoms with Crippen LogP contribution >= 0.6 is 0 Å². The van der Waals surface area contributed by atoms with Gasteiger partial charge in [0.1, 0.15) is 6.92 Å². The highest BCUT2D eigenvalue weighted by atomic mass is 19.4. The molecular weight excluding hydrogens is 109 g/mol. The molecule has 0 spiro atoms. The van der Waals surface area contributed by atoms with Crippen LogP contribution in [0.3, 0.4) is 0 Å². The zero-order valence-corrected chi connectivity index (χ0v) is 3.62. The summed E-state index contributed by atoms with van der Waals surface area (Å²) in [6.45, 7) is 1.74. The van der Waals surface area contributed by atoms with Crippen molar-refractivity contribution >= 4 is 0 Å². The van der Waals surface area contributed by atoms with Crippen molar-refractivity contribution < 1.29 is 17.9 Å². The van der Waals surface area contributed by atoms with E-state index in [0.717, 1.165) is 6.92 Å². The lowest BCUT2D eigenvalue weighted by atomic mass is 10.9. The average Bonchev–Trinajstić information content (AvgIpc) is 1.30. The lowest BCUT2D eigenvalue weighted by Crippen LogP contribution is -2.09. The minimum Gasteiger partial charge on any atom is -0.141 e. The molecule has 0 aliphatic rings. The summed E-state index contributed by atoms with van der Waals surface area (Å²) in [6.07, 6.45) is -4.51. The highest BCUT2D eigenvalue weighted by molar-refractivity contribution is 4.35. The molecular formula is C3H4F3O+. The van der Waals surface area contributed by atoms with E-state index in [9.17, 15) is 13.2 Å². The van der Waals surface area contributed by atoms with Crippen molar-refractivity contribution in [1.29, 1.82) is 0 Å². The van der Waals surface area contributed by atoms with Crippen LogP contribution in [0.4, 0.5) is 13.2 Å². The molecule has 0 N–H and O–H groups in total. The highest BCUT2D eigenvalue weighted by Crippen LogP contribution is 2.16. The molecule has 0 rings (SSSR count). The van der Waals surface area contributed by atoms with Crippen molar-refractivity contribution in [3.63, 3.8) is 0 Å². The van der Waals surface area contributed by atoms with Gasteiger partial charge in [-0.2, -0.15) is 0 Å². The van der Waals surface area contributed by atoms with Crippen LogP contribution in [0.1, 0.15) is 6.92 Å². The van der Waals surface area contributed by atoms with Gasteiger partial charge in [0, 0.05) is 0 Å². The minimum atomic E-state index is -4.51. The summed E-state index contributed by atoms with van der Waals surface area (Å²) in [5.74, 6) is 0. The molecule has 0 aromatic carbocycles. The van der Waals surface area contributed by atoms with E-state index in [1.165, 1.54) is 0 Å². The molecule has 0 saturated carbocycles. The first-order valence-corrected chi connectivity index (χ1v) is 1.58. The normalized spacial score (nSPS) is 11.4. The molecule has 0 aromatic rings. The van der Waals surface area contributed by atoms with E-state index in [4.69, 9.17) is 0 Å². The first-order valence-electron chi connectivity index (χ1n) is 1.58. The van der Waals surface area contributed by atoms with E-state index < -0.39 is 6.36 Å². The zero-order chi connectivity index (χ0) is 5.91. The number of ether oxygens (including phenoxy) is 1. The van der Waals surface area contributed by atoms with Crippen LogP contribution in [0.15, 0.2) is 0 Å². The summed E-state index contributed by atoms with van der Waals surface area (Å²) in [5.41, 5.74) is 0. The fraction of sp³-hybridized carbons (Fsp3) is 0.667. The topological polar surface area (TPSA) is 9.23 Å². The highest BCUT2D eigenvalue weighted by Gasteiger charge is 2.33. The standard InChI is InChI=1S/C3H4F3O/c1-2-7-3(4,5)6/h2H,1H3/q+1. The van der Waals surface area contributed by atoms with E-state index in [2.05, 4.69) is 4.74 Å². The third-order valence-corrected chi connectivity index (χ3v) is 0.251. The van der Waals surface area contributed by atoms with E-state index >= 15 is 0 Å². The molecule has 0 aliphatic heterocycles. The first-order chi connectivity index (χ1) is 3.06. The van der Waals surface area contributed by atoms with E-state index in [1.807, 2.05) is 0 Å². The smallest absolute Gasteiger partial charge is 0.141 e. The molecule has 0 atom stereocenters. The average molecular weight is 113 g/mol. The van der Waals surface area contributed by atoms with Gasteiger partial charge in [0.25, 0.3) is 0 Å². The monoisotopic (exact) mass is 113 g/mol. The van der Waals surface area contributed by atoms with Gasteiger partial charge in [0.2, 0.25) is 6.61 Å². The Morgan fingerprint density at radius 2 is 1.86 bits per heavy atom. The molecule has 7 heavy (non-hydrogen) atoms. The Morgan fingerprint density at radius 1 is 1.43 bits per heavy atom. The molecule has 0 amide bonds. The Hall–Kier alpha value is -0.380. The van der Waals surface area contributed by atoms with Crippen LogP contribution in [0, 0.1) is 6.61 Å². The third kappa shape index (κ3) is 5.62. The Balaban J connectivity index is 3.15. The van der Waals surface area contributed by atoms with Crippen LogP contribution in [0.25, 0.3) is 0 Å². The van der Waals surface area contributed by atoms with Gasteiger partial charge in [0.05, 0.1) is 0 Å². The van der Waals surface area contributed by atoms with Gasteiger partial charge in [-0.05, 0) is 0 Å². The quantitative estimate of drug-likeness (QED) is 0.470. The number of halogens is 3. The maximum absolute atomic E-state index is 10.8. The van der Waals surface area contributed by atoms with Crippen molar-refractivity contribution in [3.05, 3.63) is 6.61 Å². The second kappa shape index (κ2) is 2.07. The fourth-order valence-electron chi connectivity index (χ4n) is 0.134.